The highest BCUT2D eigenvalue weighted by molar-refractivity contribution is 5.75. The third-order valence-corrected chi connectivity index (χ3v) is 2.42. The van der Waals surface area contributed by atoms with Gasteiger partial charge in [0.05, 0.1) is 6.61 Å². The molecular weight excluding hydrogens is 208 g/mol. The number of carbonyl (C=O) groups is 1. The number of amides is 1. The van der Waals surface area contributed by atoms with Crippen LogP contribution in [0.25, 0.3) is 0 Å². The van der Waals surface area contributed by atoms with Crippen LogP contribution in [-0.2, 0) is 14.3 Å². The van der Waals surface area contributed by atoms with Crippen LogP contribution in [0.5, 0.6) is 0 Å². The van der Waals surface area contributed by atoms with E-state index in [1.807, 2.05) is 20.9 Å². The normalized spacial score (nSPS) is 23.3. The molecule has 0 aliphatic carbocycles. The molecule has 1 aliphatic rings. The summed E-state index contributed by atoms with van der Waals surface area (Å²) in [5.74, 6) is -0.440. The number of rotatable bonds is 6. The van der Waals surface area contributed by atoms with Gasteiger partial charge in [0, 0.05) is 13.0 Å². The smallest absolute Gasteiger partial charge is 0.220 e. The van der Waals surface area contributed by atoms with Crippen molar-refractivity contribution in [3.63, 3.8) is 0 Å². The van der Waals surface area contributed by atoms with Gasteiger partial charge in [-0.3, -0.25) is 4.79 Å². The van der Waals surface area contributed by atoms with Crippen LogP contribution in [0.15, 0.2) is 0 Å². The number of ether oxygens (including phenoxy) is 2. The van der Waals surface area contributed by atoms with Gasteiger partial charge in [-0.25, -0.2) is 0 Å². The van der Waals surface area contributed by atoms with Gasteiger partial charge >= 0.3 is 0 Å². The van der Waals surface area contributed by atoms with Gasteiger partial charge < -0.3 is 20.1 Å². The zero-order valence-corrected chi connectivity index (χ0v) is 10.3. The maximum Gasteiger partial charge on any atom is 0.220 e. The fourth-order valence-electron chi connectivity index (χ4n) is 1.61. The van der Waals surface area contributed by atoms with Gasteiger partial charge in [0.15, 0.2) is 5.79 Å². The SMILES string of the molecule is CNCCCC(=O)NCC1COC(C)(C)O1. The van der Waals surface area contributed by atoms with Gasteiger partial charge in [-0.2, -0.15) is 0 Å². The monoisotopic (exact) mass is 230 g/mol. The molecule has 1 fully saturated rings. The molecule has 94 valence electrons. The van der Waals surface area contributed by atoms with E-state index < -0.39 is 5.79 Å². The minimum absolute atomic E-state index is 0.0248. The zero-order chi connectivity index (χ0) is 12.0. The molecule has 1 atom stereocenters. The fourth-order valence-corrected chi connectivity index (χ4v) is 1.61. The second-order valence-corrected chi connectivity index (χ2v) is 4.46. The van der Waals surface area contributed by atoms with Crippen molar-refractivity contribution >= 4 is 5.91 Å². The topological polar surface area (TPSA) is 59.6 Å². The van der Waals surface area contributed by atoms with Crippen LogP contribution >= 0.6 is 0 Å². The molecule has 1 rings (SSSR count). The van der Waals surface area contributed by atoms with Gasteiger partial charge in [-0.1, -0.05) is 0 Å². The first-order valence-electron chi connectivity index (χ1n) is 5.76. The lowest BCUT2D eigenvalue weighted by Gasteiger charge is -2.17. The van der Waals surface area contributed by atoms with E-state index in [2.05, 4.69) is 10.6 Å². The van der Waals surface area contributed by atoms with E-state index in [0.717, 1.165) is 13.0 Å². The van der Waals surface area contributed by atoms with E-state index in [-0.39, 0.29) is 12.0 Å². The minimum Gasteiger partial charge on any atom is -0.353 e. The van der Waals surface area contributed by atoms with Gasteiger partial charge in [-0.15, -0.1) is 0 Å². The number of hydrogen-bond donors (Lipinski definition) is 2. The van der Waals surface area contributed by atoms with Crippen LogP contribution in [0.1, 0.15) is 26.7 Å². The Morgan fingerprint density at radius 2 is 2.25 bits per heavy atom. The highest BCUT2D eigenvalue weighted by Gasteiger charge is 2.32. The van der Waals surface area contributed by atoms with E-state index in [0.29, 0.717) is 19.6 Å². The highest BCUT2D eigenvalue weighted by Crippen LogP contribution is 2.21. The van der Waals surface area contributed by atoms with Gasteiger partial charge in [0.2, 0.25) is 5.91 Å². The summed E-state index contributed by atoms with van der Waals surface area (Å²) in [5.41, 5.74) is 0. The first-order valence-corrected chi connectivity index (χ1v) is 5.76. The minimum atomic E-state index is -0.512. The summed E-state index contributed by atoms with van der Waals surface area (Å²) in [4.78, 5) is 11.4. The van der Waals surface area contributed by atoms with Crippen molar-refractivity contribution in [3.8, 4) is 0 Å². The lowest BCUT2D eigenvalue weighted by molar-refractivity contribution is -0.139. The zero-order valence-electron chi connectivity index (χ0n) is 10.3. The van der Waals surface area contributed by atoms with Crippen LogP contribution in [0, 0.1) is 0 Å². The van der Waals surface area contributed by atoms with E-state index in [1.165, 1.54) is 0 Å². The van der Waals surface area contributed by atoms with Crippen molar-refractivity contribution in [1.82, 2.24) is 10.6 Å². The summed E-state index contributed by atoms with van der Waals surface area (Å²) in [6.07, 6.45) is 1.39. The molecule has 2 N–H and O–H groups in total. The molecule has 0 saturated carbocycles. The molecule has 1 aliphatic heterocycles. The standard InChI is InChI=1S/C11H22N2O3/c1-11(2)15-8-9(16-11)7-13-10(14)5-4-6-12-3/h9,12H,4-8H2,1-3H3,(H,13,14). The van der Waals surface area contributed by atoms with E-state index in [9.17, 15) is 4.79 Å². The predicted molar refractivity (Wildman–Crippen MR) is 61.1 cm³/mol. The number of hydrogen-bond acceptors (Lipinski definition) is 4. The molecule has 0 aromatic carbocycles. The average molecular weight is 230 g/mol. The lowest BCUT2D eigenvalue weighted by atomic mass is 10.3. The first kappa shape index (κ1) is 13.4. The van der Waals surface area contributed by atoms with Crippen molar-refractivity contribution in [2.24, 2.45) is 0 Å². The molecule has 0 radical (unpaired) electrons. The molecule has 5 heteroatoms. The number of nitrogens with one attached hydrogen (secondary N) is 2. The third-order valence-electron chi connectivity index (χ3n) is 2.42. The van der Waals surface area contributed by atoms with Gasteiger partial charge in [0.25, 0.3) is 0 Å². The Kier molecular flexibility index (Phi) is 5.18. The lowest BCUT2D eigenvalue weighted by Crippen LogP contribution is -2.34. The van der Waals surface area contributed by atoms with Crippen molar-refractivity contribution in [3.05, 3.63) is 0 Å². The molecule has 1 saturated heterocycles. The summed E-state index contributed by atoms with van der Waals surface area (Å²) in [6.45, 7) is 5.69. The molecule has 0 spiro atoms. The van der Waals surface area contributed by atoms with Crippen LogP contribution in [0.4, 0.5) is 0 Å². The molecule has 0 aromatic heterocycles. The first-order chi connectivity index (χ1) is 7.53. The summed E-state index contributed by atoms with van der Waals surface area (Å²) in [6, 6.07) is 0. The molecule has 0 bridgehead atoms. The Hall–Kier alpha value is -0.650. The largest absolute Gasteiger partial charge is 0.353 e. The maximum absolute atomic E-state index is 11.4. The summed E-state index contributed by atoms with van der Waals surface area (Å²) < 4.78 is 11.0. The van der Waals surface area contributed by atoms with Crippen molar-refractivity contribution in [1.29, 1.82) is 0 Å². The predicted octanol–water partition coefficient (Wildman–Crippen LogP) is 0.254. The Bertz CT molecular complexity index is 231. The molecule has 1 amide bonds. The van der Waals surface area contributed by atoms with Gasteiger partial charge in [0.1, 0.15) is 6.10 Å². The summed E-state index contributed by atoms with van der Waals surface area (Å²) in [5, 5.41) is 5.86. The van der Waals surface area contributed by atoms with E-state index in [4.69, 9.17) is 9.47 Å². The van der Waals surface area contributed by atoms with E-state index in [1.54, 1.807) is 0 Å². The van der Waals surface area contributed by atoms with Crippen LogP contribution in [0.3, 0.4) is 0 Å². The summed E-state index contributed by atoms with van der Waals surface area (Å²) in [7, 11) is 1.88. The fraction of sp³-hybridized carbons (Fsp3) is 0.909. The number of carbonyl (C=O) groups excluding carboxylic acids is 1. The molecule has 1 unspecified atom stereocenters. The van der Waals surface area contributed by atoms with Crippen molar-refractivity contribution in [2.75, 3.05) is 26.7 Å². The van der Waals surface area contributed by atoms with Crippen molar-refractivity contribution < 1.29 is 14.3 Å². The Labute approximate surface area is 96.9 Å². The van der Waals surface area contributed by atoms with Crippen LogP contribution in [0.2, 0.25) is 0 Å². The third kappa shape index (κ3) is 4.92. The van der Waals surface area contributed by atoms with Crippen molar-refractivity contribution in [2.45, 2.75) is 38.6 Å². The van der Waals surface area contributed by atoms with Gasteiger partial charge in [-0.05, 0) is 33.9 Å². The van der Waals surface area contributed by atoms with Crippen LogP contribution < -0.4 is 10.6 Å². The average Bonchev–Trinajstić information content (AvgIpc) is 2.56. The highest BCUT2D eigenvalue weighted by atomic mass is 16.7. The Morgan fingerprint density at radius 1 is 1.50 bits per heavy atom. The molecule has 16 heavy (non-hydrogen) atoms. The molecular formula is C11H22N2O3. The second kappa shape index (κ2) is 6.18. The summed E-state index contributed by atoms with van der Waals surface area (Å²) >= 11 is 0. The Morgan fingerprint density at radius 3 is 2.81 bits per heavy atom. The quantitative estimate of drug-likeness (QED) is 0.642. The Balaban J connectivity index is 2.08. The maximum atomic E-state index is 11.4. The van der Waals surface area contributed by atoms with Crippen LogP contribution in [-0.4, -0.2) is 44.5 Å². The second-order valence-electron chi connectivity index (χ2n) is 4.46. The molecule has 0 aromatic rings. The van der Waals surface area contributed by atoms with E-state index >= 15 is 0 Å². The molecule has 5 nitrogen and oxygen atoms in total. The molecule has 1 heterocycles.